The predicted molar refractivity (Wildman–Crippen MR) is 69.6 cm³/mol. The molecule has 5 nitrogen and oxygen atoms in total. The highest BCUT2D eigenvalue weighted by molar-refractivity contribution is 5.99. The van der Waals surface area contributed by atoms with Crippen molar-refractivity contribution in [3.63, 3.8) is 0 Å². The van der Waals surface area contributed by atoms with E-state index in [2.05, 4.69) is 28.8 Å². The number of hydrogen-bond donors (Lipinski definition) is 2. The summed E-state index contributed by atoms with van der Waals surface area (Å²) in [4.78, 5) is 8.92. The number of nitrogens with two attached hydrogens (primary N) is 1. The Morgan fingerprint density at radius 2 is 2.29 bits per heavy atom. The van der Waals surface area contributed by atoms with Crippen molar-refractivity contribution >= 4 is 11.7 Å². The van der Waals surface area contributed by atoms with Crippen molar-refractivity contribution in [3.05, 3.63) is 23.9 Å². The number of hydrogen-bond acceptors (Lipinski definition) is 4. The average molecular weight is 233 g/mol. The maximum atomic E-state index is 7.60. The second kappa shape index (κ2) is 4.71. The van der Waals surface area contributed by atoms with Gasteiger partial charge >= 0.3 is 0 Å². The van der Waals surface area contributed by atoms with Crippen molar-refractivity contribution < 1.29 is 0 Å². The molecule has 0 aromatic carbocycles. The summed E-state index contributed by atoms with van der Waals surface area (Å²) in [5.41, 5.74) is 6.33. The lowest BCUT2D eigenvalue weighted by Crippen LogP contribution is -2.51. The van der Waals surface area contributed by atoms with Gasteiger partial charge in [0.2, 0.25) is 0 Å². The number of aromatic nitrogens is 1. The molecule has 1 aromatic rings. The first kappa shape index (κ1) is 11.9. The molecule has 0 aliphatic carbocycles. The summed E-state index contributed by atoms with van der Waals surface area (Å²) in [5.74, 6) is 0.917. The van der Waals surface area contributed by atoms with Gasteiger partial charge in [0.15, 0.2) is 0 Å². The zero-order valence-corrected chi connectivity index (χ0v) is 10.3. The number of likely N-dealkylation sites (N-methyl/N-ethyl adjacent to an activating group) is 1. The van der Waals surface area contributed by atoms with Crippen LogP contribution >= 0.6 is 0 Å². The van der Waals surface area contributed by atoms with E-state index in [1.165, 1.54) is 0 Å². The molecule has 0 bridgehead atoms. The molecule has 1 unspecified atom stereocenters. The van der Waals surface area contributed by atoms with Gasteiger partial charge < -0.3 is 15.5 Å². The van der Waals surface area contributed by atoms with Crippen LogP contribution in [0.15, 0.2) is 18.3 Å². The Labute approximate surface area is 102 Å². The fourth-order valence-corrected chi connectivity index (χ4v) is 2.29. The molecule has 0 amide bonds. The maximum absolute atomic E-state index is 7.60. The van der Waals surface area contributed by atoms with E-state index in [1.54, 1.807) is 6.20 Å². The van der Waals surface area contributed by atoms with E-state index >= 15 is 0 Å². The van der Waals surface area contributed by atoms with Gasteiger partial charge in [0.05, 0.1) is 5.56 Å². The maximum Gasteiger partial charge on any atom is 0.139 e. The monoisotopic (exact) mass is 233 g/mol. The highest BCUT2D eigenvalue weighted by Crippen LogP contribution is 2.21. The molecule has 0 spiro atoms. The summed E-state index contributed by atoms with van der Waals surface area (Å²) in [7, 11) is 2.12. The van der Waals surface area contributed by atoms with Crippen LogP contribution in [0.25, 0.3) is 0 Å². The molecule has 2 heterocycles. The zero-order valence-electron chi connectivity index (χ0n) is 10.3. The van der Waals surface area contributed by atoms with Crippen LogP contribution in [0.5, 0.6) is 0 Å². The van der Waals surface area contributed by atoms with Gasteiger partial charge in [0.25, 0.3) is 0 Å². The Morgan fingerprint density at radius 3 is 2.94 bits per heavy atom. The summed E-state index contributed by atoms with van der Waals surface area (Å²) < 4.78 is 0. The van der Waals surface area contributed by atoms with Crippen molar-refractivity contribution in [2.75, 3.05) is 31.6 Å². The summed E-state index contributed by atoms with van der Waals surface area (Å²) in [6, 6.07) is 4.07. The minimum atomic E-state index is 0.0826. The Bertz CT molecular complexity index is 417. The van der Waals surface area contributed by atoms with Crippen LogP contribution in [-0.2, 0) is 0 Å². The number of piperazine rings is 1. The van der Waals surface area contributed by atoms with Gasteiger partial charge in [-0.1, -0.05) is 0 Å². The van der Waals surface area contributed by atoms with E-state index in [9.17, 15) is 0 Å². The Balaban J connectivity index is 2.30. The Hall–Kier alpha value is -1.62. The molecule has 2 rings (SSSR count). The van der Waals surface area contributed by atoms with Crippen LogP contribution in [0.3, 0.4) is 0 Å². The van der Waals surface area contributed by atoms with E-state index in [0.717, 1.165) is 31.0 Å². The predicted octanol–water partition coefficient (Wildman–Crippen LogP) is 0.506. The van der Waals surface area contributed by atoms with Gasteiger partial charge in [-0.15, -0.1) is 0 Å². The minimum Gasteiger partial charge on any atom is -0.384 e. The summed E-state index contributed by atoms with van der Waals surface area (Å²) in [6.07, 6.45) is 1.76. The van der Waals surface area contributed by atoms with Crippen molar-refractivity contribution in [1.29, 1.82) is 5.41 Å². The third kappa shape index (κ3) is 2.39. The zero-order chi connectivity index (χ0) is 12.4. The van der Waals surface area contributed by atoms with Gasteiger partial charge in [-0.25, -0.2) is 4.98 Å². The van der Waals surface area contributed by atoms with Crippen molar-refractivity contribution in [2.45, 2.75) is 13.0 Å². The topological polar surface area (TPSA) is 69.2 Å². The molecule has 0 radical (unpaired) electrons. The number of rotatable bonds is 2. The number of pyridine rings is 1. The standard InChI is InChI=1S/C12H19N5/c1-9-8-16(2)6-7-17(9)12-10(11(13)14)4-3-5-15-12/h3-5,9H,6-8H2,1-2H3,(H3,13,14). The first-order valence-corrected chi connectivity index (χ1v) is 5.84. The summed E-state index contributed by atoms with van der Waals surface area (Å²) in [5, 5.41) is 7.60. The number of nitrogens with zero attached hydrogens (tertiary/aromatic N) is 3. The lowest BCUT2D eigenvalue weighted by molar-refractivity contribution is 0.274. The normalized spacial score (nSPS) is 21.5. The number of anilines is 1. The van der Waals surface area contributed by atoms with Crippen molar-refractivity contribution in [2.24, 2.45) is 5.73 Å². The van der Waals surface area contributed by atoms with Gasteiger partial charge in [-0.3, -0.25) is 5.41 Å². The van der Waals surface area contributed by atoms with E-state index in [1.807, 2.05) is 12.1 Å². The van der Waals surface area contributed by atoms with E-state index in [-0.39, 0.29) is 5.84 Å². The van der Waals surface area contributed by atoms with Crippen LogP contribution in [0, 0.1) is 5.41 Å². The molecule has 1 fully saturated rings. The molecule has 92 valence electrons. The molecular weight excluding hydrogens is 214 g/mol. The smallest absolute Gasteiger partial charge is 0.139 e. The lowest BCUT2D eigenvalue weighted by atomic mass is 10.1. The highest BCUT2D eigenvalue weighted by atomic mass is 15.3. The highest BCUT2D eigenvalue weighted by Gasteiger charge is 2.24. The quantitative estimate of drug-likeness (QED) is 0.577. The van der Waals surface area contributed by atoms with E-state index < -0.39 is 0 Å². The minimum absolute atomic E-state index is 0.0826. The first-order chi connectivity index (χ1) is 8.09. The van der Waals surface area contributed by atoms with Gasteiger partial charge in [0, 0.05) is 31.9 Å². The number of nitrogen functional groups attached to an aromatic ring is 1. The Morgan fingerprint density at radius 1 is 1.53 bits per heavy atom. The molecule has 17 heavy (non-hydrogen) atoms. The van der Waals surface area contributed by atoms with Crippen LogP contribution in [0.2, 0.25) is 0 Å². The third-order valence-corrected chi connectivity index (χ3v) is 3.18. The molecule has 1 aliphatic heterocycles. The third-order valence-electron chi connectivity index (χ3n) is 3.18. The molecule has 1 aromatic heterocycles. The molecule has 1 aliphatic rings. The molecule has 1 saturated heterocycles. The SMILES string of the molecule is CC1CN(C)CCN1c1ncccc1C(=N)N. The van der Waals surface area contributed by atoms with Crippen LogP contribution in [0.4, 0.5) is 5.82 Å². The van der Waals surface area contributed by atoms with E-state index in [0.29, 0.717) is 6.04 Å². The molecule has 3 N–H and O–H groups in total. The fraction of sp³-hybridized carbons (Fsp3) is 0.500. The lowest BCUT2D eigenvalue weighted by Gasteiger charge is -2.39. The average Bonchev–Trinajstić information content (AvgIpc) is 2.29. The fourth-order valence-electron chi connectivity index (χ4n) is 2.29. The second-order valence-corrected chi connectivity index (χ2v) is 4.59. The van der Waals surface area contributed by atoms with E-state index in [4.69, 9.17) is 11.1 Å². The number of amidine groups is 1. The summed E-state index contributed by atoms with van der Waals surface area (Å²) >= 11 is 0. The van der Waals surface area contributed by atoms with Gasteiger partial charge in [0.1, 0.15) is 11.7 Å². The molecular formula is C12H19N5. The molecule has 1 atom stereocenters. The van der Waals surface area contributed by atoms with Gasteiger partial charge in [-0.2, -0.15) is 0 Å². The Kier molecular flexibility index (Phi) is 3.28. The second-order valence-electron chi connectivity index (χ2n) is 4.59. The largest absolute Gasteiger partial charge is 0.384 e. The molecule has 5 heteroatoms. The van der Waals surface area contributed by atoms with Crippen molar-refractivity contribution in [3.8, 4) is 0 Å². The summed E-state index contributed by atoms with van der Waals surface area (Å²) in [6.45, 7) is 5.12. The van der Waals surface area contributed by atoms with Crippen LogP contribution in [0.1, 0.15) is 12.5 Å². The number of nitrogens with one attached hydrogen (secondary N) is 1. The van der Waals surface area contributed by atoms with Crippen LogP contribution in [-0.4, -0.2) is 48.4 Å². The van der Waals surface area contributed by atoms with Crippen LogP contribution < -0.4 is 10.6 Å². The van der Waals surface area contributed by atoms with Crippen molar-refractivity contribution in [1.82, 2.24) is 9.88 Å². The first-order valence-electron chi connectivity index (χ1n) is 5.84. The molecule has 0 saturated carbocycles. The van der Waals surface area contributed by atoms with Gasteiger partial charge in [-0.05, 0) is 26.1 Å².